The molecule has 3 heterocycles. The molecule has 0 saturated heterocycles. The minimum atomic E-state index is -0.402. The van der Waals surface area contributed by atoms with Gasteiger partial charge in [-0.25, -0.2) is 0 Å². The lowest BCUT2D eigenvalue weighted by atomic mass is 10.1. The highest BCUT2D eigenvalue weighted by atomic mass is 16.5. The van der Waals surface area contributed by atoms with Crippen molar-refractivity contribution in [3.8, 4) is 17.3 Å². The maximum Gasteiger partial charge on any atom is 0.254 e. The number of H-pyrrole nitrogens is 1. The molecule has 0 atom stereocenters. The van der Waals surface area contributed by atoms with Crippen LogP contribution in [0.5, 0.6) is 5.75 Å². The van der Waals surface area contributed by atoms with Gasteiger partial charge in [-0.15, -0.1) is 5.10 Å². The van der Waals surface area contributed by atoms with Gasteiger partial charge < -0.3 is 14.5 Å². The third-order valence-corrected chi connectivity index (χ3v) is 3.87. The number of amides is 1. The number of ether oxygens (including phenoxy) is 1. The van der Waals surface area contributed by atoms with Crippen LogP contribution in [0, 0.1) is 0 Å². The number of aromatic amines is 1. The molecule has 136 valence electrons. The van der Waals surface area contributed by atoms with Crippen molar-refractivity contribution < 1.29 is 13.9 Å². The highest BCUT2D eigenvalue weighted by Gasteiger charge is 2.14. The molecular formula is C18H15N5O4. The summed E-state index contributed by atoms with van der Waals surface area (Å²) in [5.41, 5.74) is 0.407. The summed E-state index contributed by atoms with van der Waals surface area (Å²) < 4.78 is 11.7. The molecule has 0 spiro atoms. The molecule has 0 fully saturated rings. The molecule has 1 amide bonds. The van der Waals surface area contributed by atoms with Crippen molar-refractivity contribution in [3.05, 3.63) is 64.6 Å². The molecule has 9 heteroatoms. The lowest BCUT2D eigenvalue weighted by Gasteiger charge is -2.07. The molecule has 3 aromatic heterocycles. The van der Waals surface area contributed by atoms with Gasteiger partial charge in [-0.3, -0.25) is 14.6 Å². The Morgan fingerprint density at radius 3 is 2.81 bits per heavy atom. The number of nitrogens with one attached hydrogen (secondary N) is 2. The van der Waals surface area contributed by atoms with Crippen LogP contribution in [0.2, 0.25) is 0 Å². The smallest absolute Gasteiger partial charge is 0.254 e. The SMILES string of the molecule is COc1ccc(CC(=O)Nc2cc(=O)[nH]c3nc(-c4ccco4)nn23)cc1. The number of carbonyl (C=O) groups is 1. The van der Waals surface area contributed by atoms with Gasteiger partial charge in [-0.1, -0.05) is 12.1 Å². The molecule has 0 aliphatic carbocycles. The van der Waals surface area contributed by atoms with Crippen LogP contribution in [0.4, 0.5) is 5.82 Å². The predicted octanol–water partition coefficient (Wildman–Crippen LogP) is 1.87. The Hall–Kier alpha value is -3.88. The fraction of sp³-hybridized carbons (Fsp3) is 0.111. The number of benzene rings is 1. The van der Waals surface area contributed by atoms with Gasteiger partial charge in [0.25, 0.3) is 5.56 Å². The van der Waals surface area contributed by atoms with E-state index >= 15 is 0 Å². The van der Waals surface area contributed by atoms with E-state index in [1.54, 1.807) is 43.5 Å². The first-order chi connectivity index (χ1) is 13.1. The molecule has 9 nitrogen and oxygen atoms in total. The van der Waals surface area contributed by atoms with E-state index in [1.165, 1.54) is 16.8 Å². The molecule has 1 aromatic carbocycles. The number of carbonyl (C=O) groups excluding carboxylic acids is 1. The molecule has 0 bridgehead atoms. The zero-order valence-corrected chi connectivity index (χ0v) is 14.3. The quantitative estimate of drug-likeness (QED) is 0.558. The van der Waals surface area contributed by atoms with Crippen LogP contribution in [0.15, 0.2) is 57.9 Å². The van der Waals surface area contributed by atoms with Gasteiger partial charge in [-0.05, 0) is 29.8 Å². The molecule has 0 aliphatic rings. The standard InChI is InChI=1S/C18H15N5O4/c1-26-12-6-4-11(5-7-12)9-15(24)19-14-10-16(25)20-18-21-17(22-23(14)18)13-3-2-8-27-13/h2-8,10H,9H2,1H3,(H,19,24)(H,20,21,22,25). The summed E-state index contributed by atoms with van der Waals surface area (Å²) in [5, 5.41) is 6.99. The second kappa shape index (κ2) is 6.79. The Kier molecular flexibility index (Phi) is 4.17. The molecule has 0 aliphatic heterocycles. The number of nitrogens with zero attached hydrogens (tertiary/aromatic N) is 3. The van der Waals surface area contributed by atoms with Crippen LogP contribution in [-0.2, 0) is 11.2 Å². The second-order valence-electron chi connectivity index (χ2n) is 5.74. The van der Waals surface area contributed by atoms with E-state index in [0.29, 0.717) is 17.3 Å². The highest BCUT2D eigenvalue weighted by molar-refractivity contribution is 5.91. The van der Waals surface area contributed by atoms with Gasteiger partial charge in [0, 0.05) is 6.07 Å². The first-order valence-electron chi connectivity index (χ1n) is 8.09. The maximum atomic E-state index is 12.4. The first kappa shape index (κ1) is 16.6. The molecule has 0 radical (unpaired) electrons. The van der Waals surface area contributed by atoms with Crippen molar-refractivity contribution >= 4 is 17.5 Å². The molecule has 0 unspecified atom stereocenters. The monoisotopic (exact) mass is 365 g/mol. The van der Waals surface area contributed by atoms with Gasteiger partial charge in [0.15, 0.2) is 5.76 Å². The zero-order chi connectivity index (χ0) is 18.8. The van der Waals surface area contributed by atoms with Gasteiger partial charge in [0.05, 0.1) is 19.8 Å². The fourth-order valence-corrected chi connectivity index (χ4v) is 2.61. The largest absolute Gasteiger partial charge is 0.497 e. The van der Waals surface area contributed by atoms with Gasteiger partial charge in [-0.2, -0.15) is 9.50 Å². The number of rotatable bonds is 5. The Morgan fingerprint density at radius 1 is 1.30 bits per heavy atom. The normalized spacial score (nSPS) is 10.9. The van der Waals surface area contributed by atoms with Gasteiger partial charge in [0.1, 0.15) is 11.6 Å². The second-order valence-corrected chi connectivity index (χ2v) is 5.74. The van der Waals surface area contributed by atoms with E-state index in [2.05, 4.69) is 20.4 Å². The number of aromatic nitrogens is 4. The lowest BCUT2D eigenvalue weighted by Crippen LogP contribution is -2.20. The van der Waals surface area contributed by atoms with Crippen molar-refractivity contribution in [2.24, 2.45) is 0 Å². The molecule has 0 saturated carbocycles. The molecule has 2 N–H and O–H groups in total. The van der Waals surface area contributed by atoms with Crippen LogP contribution in [0.25, 0.3) is 17.4 Å². The van der Waals surface area contributed by atoms with E-state index in [0.717, 1.165) is 5.56 Å². The number of fused-ring (bicyclic) bond motifs is 1. The van der Waals surface area contributed by atoms with Crippen LogP contribution in [-0.4, -0.2) is 32.6 Å². The third-order valence-electron chi connectivity index (χ3n) is 3.87. The van der Waals surface area contributed by atoms with Crippen molar-refractivity contribution in [1.82, 2.24) is 19.6 Å². The summed E-state index contributed by atoms with van der Waals surface area (Å²) in [6.07, 6.45) is 1.64. The minimum Gasteiger partial charge on any atom is -0.497 e. The zero-order valence-electron chi connectivity index (χ0n) is 14.3. The van der Waals surface area contributed by atoms with Crippen molar-refractivity contribution in [2.75, 3.05) is 12.4 Å². The Morgan fingerprint density at radius 2 is 2.11 bits per heavy atom. The summed E-state index contributed by atoms with van der Waals surface area (Å²) in [6, 6.07) is 11.8. The number of furan rings is 1. The predicted molar refractivity (Wildman–Crippen MR) is 96.6 cm³/mol. The Balaban J connectivity index is 1.60. The number of methoxy groups -OCH3 is 1. The topological polar surface area (TPSA) is 115 Å². The van der Waals surface area contributed by atoms with E-state index in [9.17, 15) is 9.59 Å². The van der Waals surface area contributed by atoms with Gasteiger partial charge >= 0.3 is 0 Å². The Bertz CT molecular complexity index is 1140. The van der Waals surface area contributed by atoms with E-state index in [1.807, 2.05) is 0 Å². The summed E-state index contributed by atoms with van der Waals surface area (Å²) >= 11 is 0. The van der Waals surface area contributed by atoms with Crippen LogP contribution >= 0.6 is 0 Å². The number of anilines is 1. The van der Waals surface area contributed by atoms with E-state index in [-0.39, 0.29) is 23.9 Å². The van der Waals surface area contributed by atoms with Crippen molar-refractivity contribution in [1.29, 1.82) is 0 Å². The van der Waals surface area contributed by atoms with Crippen LogP contribution < -0.4 is 15.6 Å². The lowest BCUT2D eigenvalue weighted by molar-refractivity contribution is -0.115. The van der Waals surface area contributed by atoms with Crippen molar-refractivity contribution in [2.45, 2.75) is 6.42 Å². The summed E-state index contributed by atoms with van der Waals surface area (Å²) in [4.78, 5) is 31.1. The highest BCUT2D eigenvalue weighted by Crippen LogP contribution is 2.17. The molecule has 4 aromatic rings. The summed E-state index contributed by atoms with van der Waals surface area (Å²) in [5.74, 6) is 1.60. The van der Waals surface area contributed by atoms with E-state index < -0.39 is 5.56 Å². The van der Waals surface area contributed by atoms with Crippen LogP contribution in [0.1, 0.15) is 5.56 Å². The maximum absolute atomic E-state index is 12.4. The van der Waals surface area contributed by atoms with Gasteiger partial charge in [0.2, 0.25) is 17.5 Å². The Labute approximate surface area is 152 Å². The first-order valence-corrected chi connectivity index (χ1v) is 8.09. The molecular weight excluding hydrogens is 350 g/mol. The minimum absolute atomic E-state index is 0.137. The molecule has 27 heavy (non-hydrogen) atoms. The third kappa shape index (κ3) is 3.43. The summed E-state index contributed by atoms with van der Waals surface area (Å²) in [7, 11) is 1.58. The number of hydrogen-bond acceptors (Lipinski definition) is 6. The summed E-state index contributed by atoms with van der Waals surface area (Å²) in [6.45, 7) is 0. The van der Waals surface area contributed by atoms with Crippen molar-refractivity contribution in [3.63, 3.8) is 0 Å². The number of hydrogen-bond donors (Lipinski definition) is 2. The average molecular weight is 365 g/mol. The van der Waals surface area contributed by atoms with E-state index in [4.69, 9.17) is 9.15 Å². The molecule has 4 rings (SSSR count). The van der Waals surface area contributed by atoms with Crippen LogP contribution in [0.3, 0.4) is 0 Å². The fourth-order valence-electron chi connectivity index (χ4n) is 2.61. The average Bonchev–Trinajstić information content (AvgIpc) is 3.31.